The number of rotatable bonds is 5. The zero-order valence-corrected chi connectivity index (χ0v) is 14.5. The number of sulfone groups is 1. The van der Waals surface area contributed by atoms with Crippen molar-refractivity contribution >= 4 is 21.6 Å². The van der Waals surface area contributed by atoms with Gasteiger partial charge in [-0.1, -0.05) is 0 Å². The van der Waals surface area contributed by atoms with E-state index >= 15 is 0 Å². The number of nitrogens with zero attached hydrogens (tertiary/aromatic N) is 3. The highest BCUT2D eigenvalue weighted by Gasteiger charge is 2.25. The van der Waals surface area contributed by atoms with Gasteiger partial charge in [-0.25, -0.2) is 13.4 Å². The Morgan fingerprint density at radius 3 is 2.82 bits per heavy atom. The third-order valence-electron chi connectivity index (χ3n) is 4.13. The monoisotopic (exact) mass is 345 g/mol. The molecule has 1 aromatic heterocycles. The lowest BCUT2D eigenvalue weighted by atomic mass is 10.2. The van der Waals surface area contributed by atoms with Crippen molar-refractivity contribution in [1.82, 2.24) is 14.5 Å². The van der Waals surface area contributed by atoms with Gasteiger partial charge in [-0.2, -0.15) is 11.8 Å². The van der Waals surface area contributed by atoms with Crippen LogP contribution in [0.4, 0.5) is 0 Å². The van der Waals surface area contributed by atoms with Crippen LogP contribution in [0, 0.1) is 0 Å². The van der Waals surface area contributed by atoms with Gasteiger partial charge in [-0.05, 0) is 12.8 Å². The number of aromatic nitrogens is 2. The zero-order valence-electron chi connectivity index (χ0n) is 12.9. The van der Waals surface area contributed by atoms with E-state index in [1.54, 1.807) is 6.20 Å². The molecule has 2 fully saturated rings. The summed E-state index contributed by atoms with van der Waals surface area (Å²) >= 11 is 1.97. The molecule has 0 bridgehead atoms. The van der Waals surface area contributed by atoms with Crippen LogP contribution in [0.5, 0.6) is 0 Å². The summed E-state index contributed by atoms with van der Waals surface area (Å²) < 4.78 is 31.5. The first-order valence-electron chi connectivity index (χ1n) is 7.70. The fourth-order valence-electron chi connectivity index (χ4n) is 2.99. The van der Waals surface area contributed by atoms with Gasteiger partial charge in [0.1, 0.15) is 0 Å². The van der Waals surface area contributed by atoms with Crippen LogP contribution in [0.15, 0.2) is 11.4 Å². The molecule has 2 saturated heterocycles. The van der Waals surface area contributed by atoms with Gasteiger partial charge in [0.2, 0.25) is 15.0 Å². The fourth-order valence-corrected chi connectivity index (χ4v) is 4.80. The standard InChI is InChI=1S/C14H23N3O3S2/c1-22(18,19)14-15-9-12(10-16-4-7-21-8-5-16)17(14)11-13-3-2-6-20-13/h9,13H,2-8,10-11H2,1H3. The summed E-state index contributed by atoms with van der Waals surface area (Å²) in [6, 6.07) is 0. The van der Waals surface area contributed by atoms with Crippen LogP contribution in [-0.2, 0) is 27.7 Å². The lowest BCUT2D eigenvalue weighted by Gasteiger charge is -2.26. The maximum atomic E-state index is 12.0. The van der Waals surface area contributed by atoms with Crippen molar-refractivity contribution in [2.24, 2.45) is 0 Å². The summed E-state index contributed by atoms with van der Waals surface area (Å²) in [6.45, 7) is 4.20. The first kappa shape index (κ1) is 16.3. The number of thioether (sulfide) groups is 1. The average Bonchev–Trinajstić information content (AvgIpc) is 3.11. The summed E-state index contributed by atoms with van der Waals surface area (Å²) in [6.07, 6.45) is 5.08. The second-order valence-electron chi connectivity index (χ2n) is 5.94. The van der Waals surface area contributed by atoms with E-state index in [4.69, 9.17) is 4.74 Å². The Bertz CT molecular complexity index is 603. The van der Waals surface area contributed by atoms with Crippen LogP contribution in [-0.4, -0.2) is 66.4 Å². The average molecular weight is 345 g/mol. The van der Waals surface area contributed by atoms with E-state index in [1.165, 1.54) is 6.26 Å². The second kappa shape index (κ2) is 6.90. The summed E-state index contributed by atoms with van der Waals surface area (Å²) in [7, 11) is -3.32. The Morgan fingerprint density at radius 2 is 2.18 bits per heavy atom. The highest BCUT2D eigenvalue weighted by molar-refractivity contribution is 7.99. The van der Waals surface area contributed by atoms with Crippen molar-refractivity contribution in [3.8, 4) is 0 Å². The van der Waals surface area contributed by atoms with E-state index in [2.05, 4.69) is 9.88 Å². The van der Waals surface area contributed by atoms with E-state index in [-0.39, 0.29) is 11.3 Å². The normalized spacial score (nSPS) is 24.0. The summed E-state index contributed by atoms with van der Waals surface area (Å²) in [5, 5.41) is 0.171. The molecule has 0 aliphatic carbocycles. The highest BCUT2D eigenvalue weighted by atomic mass is 32.2. The molecule has 1 unspecified atom stereocenters. The Morgan fingerprint density at radius 1 is 1.41 bits per heavy atom. The second-order valence-corrected chi connectivity index (χ2v) is 9.07. The molecular weight excluding hydrogens is 322 g/mol. The molecular formula is C14H23N3O3S2. The largest absolute Gasteiger partial charge is 0.376 e. The lowest BCUT2D eigenvalue weighted by Crippen LogP contribution is -2.33. The topological polar surface area (TPSA) is 64.4 Å². The molecule has 2 aliphatic rings. The molecule has 22 heavy (non-hydrogen) atoms. The predicted molar refractivity (Wildman–Crippen MR) is 86.9 cm³/mol. The van der Waals surface area contributed by atoms with Crippen LogP contribution in [0.1, 0.15) is 18.5 Å². The van der Waals surface area contributed by atoms with Crippen molar-refractivity contribution in [1.29, 1.82) is 0 Å². The van der Waals surface area contributed by atoms with Gasteiger partial charge in [-0.15, -0.1) is 0 Å². The molecule has 0 spiro atoms. The number of ether oxygens (including phenoxy) is 1. The first-order valence-corrected chi connectivity index (χ1v) is 10.7. The minimum Gasteiger partial charge on any atom is -0.376 e. The Hall–Kier alpha value is -0.570. The van der Waals surface area contributed by atoms with Crippen molar-refractivity contribution < 1.29 is 13.2 Å². The maximum absolute atomic E-state index is 12.0. The molecule has 0 amide bonds. The van der Waals surface area contributed by atoms with Crippen LogP contribution in [0.2, 0.25) is 0 Å². The number of hydrogen-bond acceptors (Lipinski definition) is 6. The van der Waals surface area contributed by atoms with Crippen molar-refractivity contribution in [2.75, 3.05) is 37.5 Å². The molecule has 0 saturated carbocycles. The molecule has 0 radical (unpaired) electrons. The fraction of sp³-hybridized carbons (Fsp3) is 0.786. The van der Waals surface area contributed by atoms with E-state index < -0.39 is 9.84 Å². The Kier molecular flexibility index (Phi) is 5.11. The van der Waals surface area contributed by atoms with Crippen LogP contribution < -0.4 is 0 Å². The molecule has 0 aromatic carbocycles. The third kappa shape index (κ3) is 3.84. The van der Waals surface area contributed by atoms with E-state index in [9.17, 15) is 8.42 Å². The van der Waals surface area contributed by atoms with Gasteiger partial charge in [-0.3, -0.25) is 4.90 Å². The van der Waals surface area contributed by atoms with Gasteiger partial charge in [0.15, 0.2) is 0 Å². The molecule has 8 heteroatoms. The number of imidazole rings is 1. The Balaban J connectivity index is 1.82. The van der Waals surface area contributed by atoms with Gasteiger partial charge in [0.05, 0.1) is 24.5 Å². The molecule has 1 aromatic rings. The van der Waals surface area contributed by atoms with Crippen LogP contribution in [0.25, 0.3) is 0 Å². The van der Waals surface area contributed by atoms with Gasteiger partial charge in [0.25, 0.3) is 0 Å². The summed E-state index contributed by atoms with van der Waals surface area (Å²) in [5.41, 5.74) is 0.975. The molecule has 2 aliphatic heterocycles. The number of hydrogen-bond donors (Lipinski definition) is 0. The van der Waals surface area contributed by atoms with Gasteiger partial charge in [0, 0.05) is 44.0 Å². The van der Waals surface area contributed by atoms with Gasteiger partial charge < -0.3 is 9.30 Å². The first-order chi connectivity index (χ1) is 10.5. The minimum atomic E-state index is -3.32. The third-order valence-corrected chi connectivity index (χ3v) is 6.06. The van der Waals surface area contributed by atoms with Crippen molar-refractivity contribution in [3.63, 3.8) is 0 Å². The molecule has 6 nitrogen and oxygen atoms in total. The molecule has 3 heterocycles. The maximum Gasteiger partial charge on any atom is 0.227 e. The minimum absolute atomic E-state index is 0.102. The van der Waals surface area contributed by atoms with Crippen LogP contribution >= 0.6 is 11.8 Å². The van der Waals surface area contributed by atoms with Crippen molar-refractivity contribution in [2.45, 2.75) is 37.2 Å². The quantitative estimate of drug-likeness (QED) is 0.794. The van der Waals surface area contributed by atoms with Gasteiger partial charge >= 0.3 is 0 Å². The zero-order chi connectivity index (χ0) is 15.6. The Labute approximate surface area is 136 Å². The molecule has 0 N–H and O–H groups in total. The molecule has 124 valence electrons. The molecule has 3 rings (SSSR count). The lowest BCUT2D eigenvalue weighted by molar-refractivity contribution is 0.0933. The van der Waals surface area contributed by atoms with Crippen molar-refractivity contribution in [3.05, 3.63) is 11.9 Å². The van der Waals surface area contributed by atoms with E-state index in [0.29, 0.717) is 6.54 Å². The smallest absolute Gasteiger partial charge is 0.227 e. The summed E-state index contributed by atoms with van der Waals surface area (Å²) in [4.78, 5) is 6.55. The van der Waals surface area contributed by atoms with E-state index in [0.717, 1.165) is 56.3 Å². The predicted octanol–water partition coefficient (Wildman–Crippen LogP) is 1.01. The SMILES string of the molecule is CS(=O)(=O)c1ncc(CN2CCSCC2)n1CC1CCCO1. The van der Waals surface area contributed by atoms with Crippen LogP contribution in [0.3, 0.4) is 0 Å². The summed E-state index contributed by atoms with van der Waals surface area (Å²) in [5.74, 6) is 2.28. The highest BCUT2D eigenvalue weighted by Crippen LogP contribution is 2.20. The van der Waals surface area contributed by atoms with E-state index in [1.807, 2.05) is 16.3 Å². The molecule has 1 atom stereocenters.